The van der Waals surface area contributed by atoms with Crippen LogP contribution in [-0.2, 0) is 0 Å². The van der Waals surface area contributed by atoms with Crippen LogP contribution in [0.3, 0.4) is 0 Å². The van der Waals surface area contributed by atoms with Crippen LogP contribution in [0.2, 0.25) is 5.02 Å². The van der Waals surface area contributed by atoms with E-state index in [1.54, 1.807) is 18.0 Å². The van der Waals surface area contributed by atoms with E-state index in [2.05, 4.69) is 15.3 Å². The average molecular weight is 254 g/mol. The highest BCUT2D eigenvalue weighted by molar-refractivity contribution is 7.99. The molecule has 5 heteroatoms. The first-order chi connectivity index (χ1) is 7.84. The molecule has 3 nitrogen and oxygen atoms in total. The number of hydrogen-bond donors (Lipinski definition) is 2. The van der Waals surface area contributed by atoms with Gasteiger partial charge in [-0.05, 0) is 18.2 Å². The predicted molar refractivity (Wildman–Crippen MR) is 69.3 cm³/mol. The van der Waals surface area contributed by atoms with Gasteiger partial charge in [-0.25, -0.2) is 4.98 Å². The van der Waals surface area contributed by atoms with Crippen molar-refractivity contribution in [1.82, 2.24) is 9.97 Å². The highest BCUT2D eigenvalue weighted by Crippen LogP contribution is 2.15. The van der Waals surface area contributed by atoms with E-state index < -0.39 is 0 Å². The van der Waals surface area contributed by atoms with Gasteiger partial charge < -0.3 is 10.3 Å². The highest BCUT2D eigenvalue weighted by atomic mass is 35.5. The maximum atomic E-state index is 5.88. The third kappa shape index (κ3) is 3.47. The van der Waals surface area contributed by atoms with E-state index in [9.17, 15) is 0 Å². The molecule has 0 aliphatic carbocycles. The molecular weight excluding hydrogens is 242 g/mol. The molecule has 0 fully saturated rings. The number of nitrogens with zero attached hydrogens (tertiary/aromatic N) is 1. The molecule has 1 aromatic heterocycles. The Morgan fingerprint density at radius 2 is 2.38 bits per heavy atom. The van der Waals surface area contributed by atoms with Crippen molar-refractivity contribution in [3.05, 3.63) is 41.7 Å². The van der Waals surface area contributed by atoms with Gasteiger partial charge in [0.1, 0.15) is 0 Å². The number of rotatable bonds is 5. The average Bonchev–Trinajstić information content (AvgIpc) is 2.77. The Morgan fingerprint density at radius 3 is 3.12 bits per heavy atom. The van der Waals surface area contributed by atoms with Crippen molar-refractivity contribution >= 4 is 29.1 Å². The molecular formula is C11H12ClN3S. The zero-order valence-electron chi connectivity index (χ0n) is 8.61. The van der Waals surface area contributed by atoms with Gasteiger partial charge in [-0.3, -0.25) is 0 Å². The first kappa shape index (κ1) is 11.4. The summed E-state index contributed by atoms with van der Waals surface area (Å²) < 4.78 is 0. The molecule has 0 aliphatic heterocycles. The van der Waals surface area contributed by atoms with E-state index >= 15 is 0 Å². The van der Waals surface area contributed by atoms with Crippen LogP contribution in [0.5, 0.6) is 0 Å². The van der Waals surface area contributed by atoms with Crippen LogP contribution >= 0.6 is 23.4 Å². The molecule has 0 radical (unpaired) electrons. The number of imidazole rings is 1. The fraction of sp³-hybridized carbons (Fsp3) is 0.182. The van der Waals surface area contributed by atoms with E-state index in [0.29, 0.717) is 0 Å². The van der Waals surface area contributed by atoms with Gasteiger partial charge in [-0.15, -0.1) is 0 Å². The maximum absolute atomic E-state index is 5.88. The SMILES string of the molecule is Clc1cccc(NCCSc2ncc[nH]2)c1. The van der Waals surface area contributed by atoms with Crippen molar-refractivity contribution in [2.75, 3.05) is 17.6 Å². The fourth-order valence-corrected chi connectivity index (χ4v) is 2.15. The number of H-pyrrole nitrogens is 1. The fourth-order valence-electron chi connectivity index (χ4n) is 1.27. The van der Waals surface area contributed by atoms with Crippen LogP contribution in [-0.4, -0.2) is 22.3 Å². The van der Waals surface area contributed by atoms with Crippen molar-refractivity contribution in [3.63, 3.8) is 0 Å². The topological polar surface area (TPSA) is 40.7 Å². The second-order valence-corrected chi connectivity index (χ2v) is 4.70. The molecule has 16 heavy (non-hydrogen) atoms. The Bertz CT molecular complexity index is 431. The van der Waals surface area contributed by atoms with Gasteiger partial charge in [0.25, 0.3) is 0 Å². The van der Waals surface area contributed by atoms with Gasteiger partial charge in [-0.2, -0.15) is 0 Å². The van der Waals surface area contributed by atoms with Gasteiger partial charge >= 0.3 is 0 Å². The first-order valence-electron chi connectivity index (χ1n) is 4.96. The number of hydrogen-bond acceptors (Lipinski definition) is 3. The predicted octanol–water partition coefficient (Wildman–Crippen LogP) is 3.27. The minimum absolute atomic E-state index is 0.753. The second kappa shape index (κ2) is 5.82. The zero-order chi connectivity index (χ0) is 11.2. The lowest BCUT2D eigenvalue weighted by molar-refractivity contribution is 1.05. The number of nitrogens with one attached hydrogen (secondary N) is 2. The maximum Gasteiger partial charge on any atom is 0.165 e. The van der Waals surface area contributed by atoms with E-state index in [1.807, 2.05) is 30.5 Å². The van der Waals surface area contributed by atoms with Crippen LogP contribution in [0.15, 0.2) is 41.8 Å². The standard InChI is InChI=1S/C11H12ClN3S/c12-9-2-1-3-10(8-9)13-6-7-16-11-14-4-5-15-11/h1-5,8,13H,6-7H2,(H,14,15). The summed E-state index contributed by atoms with van der Waals surface area (Å²) in [4.78, 5) is 7.18. The minimum atomic E-state index is 0.753. The molecule has 0 saturated heterocycles. The Kier molecular flexibility index (Phi) is 4.13. The lowest BCUT2D eigenvalue weighted by Crippen LogP contribution is -2.03. The van der Waals surface area contributed by atoms with E-state index in [-0.39, 0.29) is 0 Å². The van der Waals surface area contributed by atoms with Crippen LogP contribution in [0.1, 0.15) is 0 Å². The second-order valence-electron chi connectivity index (χ2n) is 3.18. The number of anilines is 1. The zero-order valence-corrected chi connectivity index (χ0v) is 10.2. The Hall–Kier alpha value is -1.13. The number of benzene rings is 1. The van der Waals surface area contributed by atoms with Gasteiger partial charge in [0, 0.05) is 35.4 Å². The third-order valence-corrected chi connectivity index (χ3v) is 3.11. The number of aromatic amines is 1. The van der Waals surface area contributed by atoms with E-state index in [4.69, 9.17) is 11.6 Å². The van der Waals surface area contributed by atoms with Crippen LogP contribution in [0.25, 0.3) is 0 Å². The molecule has 2 aromatic rings. The largest absolute Gasteiger partial charge is 0.384 e. The summed E-state index contributed by atoms with van der Waals surface area (Å²) in [5.41, 5.74) is 1.05. The molecule has 84 valence electrons. The van der Waals surface area contributed by atoms with E-state index in [0.717, 1.165) is 28.2 Å². The lowest BCUT2D eigenvalue weighted by Gasteiger charge is -2.05. The summed E-state index contributed by atoms with van der Waals surface area (Å²) in [5, 5.41) is 5.01. The molecule has 1 aromatic carbocycles. The minimum Gasteiger partial charge on any atom is -0.384 e. The molecule has 0 amide bonds. The smallest absolute Gasteiger partial charge is 0.165 e. The summed E-state index contributed by atoms with van der Waals surface area (Å²) >= 11 is 7.57. The van der Waals surface area contributed by atoms with Crippen molar-refractivity contribution < 1.29 is 0 Å². The highest BCUT2D eigenvalue weighted by Gasteiger charge is 1.96. The van der Waals surface area contributed by atoms with Gasteiger partial charge in [0.05, 0.1) is 0 Å². The Labute approximate surface area is 104 Å². The molecule has 0 spiro atoms. The monoisotopic (exact) mass is 253 g/mol. The van der Waals surface area contributed by atoms with Gasteiger partial charge in [0.2, 0.25) is 0 Å². The molecule has 0 unspecified atom stereocenters. The number of aromatic nitrogens is 2. The number of halogens is 1. The normalized spacial score (nSPS) is 10.3. The van der Waals surface area contributed by atoms with Gasteiger partial charge in [-0.1, -0.05) is 29.4 Å². The lowest BCUT2D eigenvalue weighted by atomic mass is 10.3. The molecule has 2 N–H and O–H groups in total. The molecule has 0 aliphatic rings. The molecule has 1 heterocycles. The van der Waals surface area contributed by atoms with Crippen LogP contribution in [0.4, 0.5) is 5.69 Å². The van der Waals surface area contributed by atoms with E-state index in [1.165, 1.54) is 0 Å². The van der Waals surface area contributed by atoms with Crippen molar-refractivity contribution in [3.8, 4) is 0 Å². The van der Waals surface area contributed by atoms with Crippen molar-refractivity contribution in [2.24, 2.45) is 0 Å². The van der Waals surface area contributed by atoms with Gasteiger partial charge in [0.15, 0.2) is 5.16 Å². The Balaban J connectivity index is 1.72. The summed E-state index contributed by atoms with van der Waals surface area (Å²) in [6.45, 7) is 0.881. The van der Waals surface area contributed by atoms with Crippen molar-refractivity contribution in [1.29, 1.82) is 0 Å². The molecule has 0 bridgehead atoms. The third-order valence-electron chi connectivity index (χ3n) is 1.97. The van der Waals surface area contributed by atoms with Crippen LogP contribution < -0.4 is 5.32 Å². The quantitative estimate of drug-likeness (QED) is 0.635. The summed E-state index contributed by atoms with van der Waals surface area (Å²) in [7, 11) is 0. The van der Waals surface area contributed by atoms with Crippen LogP contribution in [0, 0.1) is 0 Å². The van der Waals surface area contributed by atoms with Crippen molar-refractivity contribution in [2.45, 2.75) is 5.16 Å². The summed E-state index contributed by atoms with van der Waals surface area (Å²) in [5.74, 6) is 0.958. The Morgan fingerprint density at radius 1 is 1.44 bits per heavy atom. The summed E-state index contributed by atoms with van der Waals surface area (Å²) in [6, 6.07) is 7.72. The molecule has 0 saturated carbocycles. The number of thioether (sulfide) groups is 1. The first-order valence-corrected chi connectivity index (χ1v) is 6.32. The molecule has 2 rings (SSSR count). The molecule has 0 atom stereocenters. The summed E-state index contributed by atoms with van der Waals surface area (Å²) in [6.07, 6.45) is 3.58.